The fourth-order valence-electron chi connectivity index (χ4n) is 0.616. The average molecular weight is 227 g/mol. The molecule has 0 fully saturated rings. The Kier molecular flexibility index (Phi) is 6.69. The molecule has 0 aliphatic rings. The van der Waals surface area contributed by atoms with Crippen LogP contribution >= 0.6 is 7.82 Å². The van der Waals surface area contributed by atoms with Crippen molar-refractivity contribution in [1.29, 1.82) is 0 Å². The molecule has 0 bridgehead atoms. The summed E-state index contributed by atoms with van der Waals surface area (Å²) in [6.07, 6.45) is 0. The summed E-state index contributed by atoms with van der Waals surface area (Å²) in [4.78, 5) is 26.9. The lowest BCUT2D eigenvalue weighted by Gasteiger charge is -2.06. The Morgan fingerprint density at radius 3 is 2.50 bits per heavy atom. The van der Waals surface area contributed by atoms with Crippen molar-refractivity contribution in [3.63, 3.8) is 0 Å². The molecule has 0 aromatic rings. The second-order valence-electron chi connectivity index (χ2n) is 2.42. The molecule has 0 aliphatic heterocycles. The summed E-state index contributed by atoms with van der Waals surface area (Å²) in [7, 11) is -4.39. The summed E-state index contributed by atoms with van der Waals surface area (Å²) < 4.78 is 19.2. The first-order valence-corrected chi connectivity index (χ1v) is 5.47. The zero-order valence-corrected chi connectivity index (χ0v) is 8.70. The third-order valence-electron chi connectivity index (χ3n) is 1.11. The van der Waals surface area contributed by atoms with Crippen LogP contribution in [0.5, 0.6) is 0 Å². The molecule has 0 heterocycles. The van der Waals surface area contributed by atoms with Gasteiger partial charge < -0.3 is 19.8 Å². The maximum Gasteiger partial charge on any atom is 0.469 e. The molecule has 0 spiro atoms. The maximum absolute atomic E-state index is 10.4. The van der Waals surface area contributed by atoms with E-state index >= 15 is 0 Å². The number of amides is 1. The monoisotopic (exact) mass is 227 g/mol. The first-order chi connectivity index (χ1) is 6.42. The first-order valence-electron chi connectivity index (χ1n) is 3.94. The number of hydrogen-bond donors (Lipinski definition) is 3. The third kappa shape index (κ3) is 11.5. The van der Waals surface area contributed by atoms with Crippen LogP contribution in [0.25, 0.3) is 0 Å². The molecule has 0 aromatic carbocycles. The van der Waals surface area contributed by atoms with E-state index in [0.29, 0.717) is 6.54 Å². The second-order valence-corrected chi connectivity index (χ2v) is 3.66. The summed E-state index contributed by atoms with van der Waals surface area (Å²) in [6.45, 7) is 1.93. The van der Waals surface area contributed by atoms with Crippen LogP contribution in [-0.2, 0) is 18.6 Å². The van der Waals surface area contributed by atoms with Crippen molar-refractivity contribution in [2.24, 2.45) is 0 Å². The topological polar surface area (TPSA) is 105 Å². The zero-order chi connectivity index (χ0) is 11.0. The van der Waals surface area contributed by atoms with E-state index in [0.717, 1.165) is 0 Å². The van der Waals surface area contributed by atoms with E-state index in [4.69, 9.17) is 14.5 Å². The predicted octanol–water partition coefficient (Wildman–Crippen LogP) is -0.752. The van der Waals surface area contributed by atoms with Crippen molar-refractivity contribution in [2.75, 3.05) is 26.4 Å². The SMILES string of the molecule is CC(=O)NCCOCCOP(=O)(O)O. The molecule has 14 heavy (non-hydrogen) atoms. The highest BCUT2D eigenvalue weighted by Gasteiger charge is 2.12. The van der Waals surface area contributed by atoms with Gasteiger partial charge in [0.25, 0.3) is 0 Å². The van der Waals surface area contributed by atoms with Crippen LogP contribution in [-0.4, -0.2) is 42.1 Å². The van der Waals surface area contributed by atoms with Gasteiger partial charge in [-0.05, 0) is 0 Å². The molecule has 0 saturated carbocycles. The molecule has 0 rings (SSSR count). The van der Waals surface area contributed by atoms with E-state index in [1.165, 1.54) is 6.92 Å². The van der Waals surface area contributed by atoms with E-state index in [1.807, 2.05) is 0 Å². The number of phosphoric ester groups is 1. The number of carbonyl (C=O) groups excluding carboxylic acids is 1. The lowest BCUT2D eigenvalue weighted by molar-refractivity contribution is -0.119. The Balaban J connectivity index is 3.15. The standard InChI is InChI=1S/C6H14NO6P/c1-6(8)7-2-3-12-4-5-13-14(9,10)11/h2-5H2,1H3,(H,7,8)(H2,9,10,11). The molecule has 0 saturated heterocycles. The molecule has 7 nitrogen and oxygen atoms in total. The fraction of sp³-hybridized carbons (Fsp3) is 0.833. The fourth-order valence-corrected chi connectivity index (χ4v) is 0.929. The van der Waals surface area contributed by atoms with E-state index < -0.39 is 7.82 Å². The van der Waals surface area contributed by atoms with Crippen LogP contribution in [0.1, 0.15) is 6.92 Å². The van der Waals surface area contributed by atoms with E-state index in [1.54, 1.807) is 0 Å². The molecule has 1 amide bonds. The van der Waals surface area contributed by atoms with E-state index in [9.17, 15) is 9.36 Å². The van der Waals surface area contributed by atoms with Gasteiger partial charge in [-0.3, -0.25) is 9.32 Å². The Hall–Kier alpha value is -0.460. The Morgan fingerprint density at radius 1 is 1.36 bits per heavy atom. The molecule has 8 heteroatoms. The van der Waals surface area contributed by atoms with Gasteiger partial charge in [0.1, 0.15) is 0 Å². The summed E-state index contributed by atoms with van der Waals surface area (Å²) >= 11 is 0. The lowest BCUT2D eigenvalue weighted by Crippen LogP contribution is -2.24. The third-order valence-corrected chi connectivity index (χ3v) is 1.63. The molecule has 84 valence electrons. The Morgan fingerprint density at radius 2 is 2.00 bits per heavy atom. The van der Waals surface area contributed by atoms with Crippen LogP contribution in [0.15, 0.2) is 0 Å². The second kappa shape index (κ2) is 6.92. The van der Waals surface area contributed by atoms with Gasteiger partial charge >= 0.3 is 7.82 Å². The molecule has 0 aliphatic carbocycles. The van der Waals surface area contributed by atoms with Gasteiger partial charge in [-0.15, -0.1) is 0 Å². The summed E-state index contributed by atoms with van der Waals surface area (Å²) in [5.41, 5.74) is 0. The van der Waals surface area contributed by atoms with Crippen molar-refractivity contribution in [3.8, 4) is 0 Å². The maximum atomic E-state index is 10.4. The minimum atomic E-state index is -4.39. The number of nitrogens with one attached hydrogen (secondary N) is 1. The largest absolute Gasteiger partial charge is 0.469 e. The molecular formula is C6H14NO6P. The summed E-state index contributed by atoms with van der Waals surface area (Å²) in [6, 6.07) is 0. The first kappa shape index (κ1) is 13.5. The van der Waals surface area contributed by atoms with Crippen LogP contribution in [0.3, 0.4) is 0 Å². The predicted molar refractivity (Wildman–Crippen MR) is 47.5 cm³/mol. The zero-order valence-electron chi connectivity index (χ0n) is 7.80. The number of carbonyl (C=O) groups is 1. The number of rotatable bonds is 7. The minimum absolute atomic E-state index is 0.0741. The van der Waals surface area contributed by atoms with Gasteiger partial charge in [0.05, 0.1) is 19.8 Å². The van der Waals surface area contributed by atoms with Gasteiger partial charge in [-0.25, -0.2) is 4.57 Å². The molecule has 3 N–H and O–H groups in total. The highest BCUT2D eigenvalue weighted by molar-refractivity contribution is 7.46. The normalized spacial score (nSPS) is 11.4. The van der Waals surface area contributed by atoms with Crippen molar-refractivity contribution in [3.05, 3.63) is 0 Å². The highest BCUT2D eigenvalue weighted by Crippen LogP contribution is 2.35. The minimum Gasteiger partial charge on any atom is -0.377 e. The lowest BCUT2D eigenvalue weighted by atomic mass is 10.6. The molecule has 0 aromatic heterocycles. The van der Waals surface area contributed by atoms with Gasteiger partial charge in [0.2, 0.25) is 5.91 Å². The van der Waals surface area contributed by atoms with Gasteiger partial charge in [-0.2, -0.15) is 0 Å². The number of hydrogen-bond acceptors (Lipinski definition) is 4. The van der Waals surface area contributed by atoms with Crippen LogP contribution in [0.2, 0.25) is 0 Å². The molecular weight excluding hydrogens is 213 g/mol. The smallest absolute Gasteiger partial charge is 0.377 e. The van der Waals surface area contributed by atoms with Crippen molar-refractivity contribution < 1.29 is 28.4 Å². The van der Waals surface area contributed by atoms with Crippen molar-refractivity contribution >= 4 is 13.7 Å². The van der Waals surface area contributed by atoms with E-state index in [2.05, 4.69) is 9.84 Å². The molecule has 0 atom stereocenters. The van der Waals surface area contributed by atoms with E-state index in [-0.39, 0.29) is 25.7 Å². The van der Waals surface area contributed by atoms with Crippen molar-refractivity contribution in [2.45, 2.75) is 6.92 Å². The van der Waals surface area contributed by atoms with Crippen LogP contribution in [0, 0.1) is 0 Å². The summed E-state index contributed by atoms with van der Waals surface area (Å²) in [5, 5.41) is 2.49. The average Bonchev–Trinajstić information content (AvgIpc) is 2.00. The van der Waals surface area contributed by atoms with Gasteiger partial charge in [-0.1, -0.05) is 0 Å². The summed E-state index contributed by atoms with van der Waals surface area (Å²) in [5.74, 6) is -0.153. The van der Waals surface area contributed by atoms with Crippen LogP contribution < -0.4 is 5.32 Å². The Labute approximate surface area is 81.6 Å². The molecule has 0 radical (unpaired) electrons. The van der Waals surface area contributed by atoms with Crippen LogP contribution in [0.4, 0.5) is 0 Å². The quantitative estimate of drug-likeness (QED) is 0.390. The number of ether oxygens (including phenoxy) is 1. The Bertz CT molecular complexity index is 214. The highest BCUT2D eigenvalue weighted by atomic mass is 31.2. The van der Waals surface area contributed by atoms with Gasteiger partial charge in [0.15, 0.2) is 0 Å². The van der Waals surface area contributed by atoms with Gasteiger partial charge in [0, 0.05) is 13.5 Å². The molecule has 0 unspecified atom stereocenters. The number of phosphoric acid groups is 1. The van der Waals surface area contributed by atoms with Crippen molar-refractivity contribution in [1.82, 2.24) is 5.32 Å².